The van der Waals surface area contributed by atoms with Crippen molar-refractivity contribution in [2.45, 2.75) is 64.8 Å². The lowest BCUT2D eigenvalue weighted by atomic mass is 10.1. The van der Waals surface area contributed by atoms with Crippen LogP contribution in [0.25, 0.3) is 0 Å². The highest BCUT2D eigenvalue weighted by Crippen LogP contribution is 2.14. The summed E-state index contributed by atoms with van der Waals surface area (Å²) in [7, 11) is 0. The van der Waals surface area contributed by atoms with Crippen molar-refractivity contribution in [1.82, 2.24) is 15.1 Å². The van der Waals surface area contributed by atoms with E-state index >= 15 is 0 Å². The van der Waals surface area contributed by atoms with Crippen LogP contribution >= 0.6 is 0 Å². The average molecular weight is 283 g/mol. The van der Waals surface area contributed by atoms with Crippen LogP contribution in [0, 0.1) is 0 Å². The van der Waals surface area contributed by atoms with E-state index < -0.39 is 0 Å². The van der Waals surface area contributed by atoms with Gasteiger partial charge in [-0.3, -0.25) is 9.80 Å². The number of hydrogen-bond donors (Lipinski definition) is 1. The maximum Gasteiger partial charge on any atom is 0.0829 e. The number of morpholine rings is 1. The maximum atomic E-state index is 6.00. The standard InChI is InChI=1S/C16H33N3O/c1-13(2)18-8-9-20-16(11-18)12-19(14(3)4)10-15-6-5-7-17-15/h13-17H,5-12H2,1-4H3. The van der Waals surface area contributed by atoms with E-state index in [0.29, 0.717) is 24.2 Å². The van der Waals surface area contributed by atoms with Gasteiger partial charge in [0.15, 0.2) is 0 Å². The van der Waals surface area contributed by atoms with Gasteiger partial charge in [-0.2, -0.15) is 0 Å². The van der Waals surface area contributed by atoms with E-state index in [2.05, 4.69) is 42.8 Å². The highest BCUT2D eigenvalue weighted by Gasteiger charge is 2.26. The Morgan fingerprint density at radius 3 is 2.65 bits per heavy atom. The highest BCUT2D eigenvalue weighted by molar-refractivity contribution is 4.83. The Kier molecular flexibility index (Phi) is 6.27. The molecule has 20 heavy (non-hydrogen) atoms. The molecule has 0 saturated carbocycles. The van der Waals surface area contributed by atoms with Gasteiger partial charge in [-0.15, -0.1) is 0 Å². The third-order valence-corrected chi connectivity index (χ3v) is 4.69. The van der Waals surface area contributed by atoms with E-state index in [1.165, 1.54) is 25.9 Å². The third-order valence-electron chi connectivity index (χ3n) is 4.69. The second-order valence-electron chi connectivity index (χ2n) is 6.92. The van der Waals surface area contributed by atoms with Crippen molar-refractivity contribution >= 4 is 0 Å². The molecule has 0 aromatic rings. The van der Waals surface area contributed by atoms with Gasteiger partial charge in [-0.25, -0.2) is 0 Å². The van der Waals surface area contributed by atoms with Crippen molar-refractivity contribution in [3.63, 3.8) is 0 Å². The fraction of sp³-hybridized carbons (Fsp3) is 1.00. The smallest absolute Gasteiger partial charge is 0.0829 e. The molecule has 1 N–H and O–H groups in total. The largest absolute Gasteiger partial charge is 0.374 e. The average Bonchev–Trinajstić information content (AvgIpc) is 2.91. The summed E-state index contributed by atoms with van der Waals surface area (Å²) in [6.07, 6.45) is 3.03. The normalized spacial score (nSPS) is 28.9. The maximum absolute atomic E-state index is 6.00. The monoisotopic (exact) mass is 283 g/mol. The molecule has 0 aliphatic carbocycles. The van der Waals surface area contributed by atoms with Gasteiger partial charge in [0, 0.05) is 44.3 Å². The number of nitrogens with one attached hydrogen (secondary N) is 1. The Morgan fingerprint density at radius 1 is 1.25 bits per heavy atom. The van der Waals surface area contributed by atoms with Crippen molar-refractivity contribution in [2.75, 3.05) is 39.3 Å². The van der Waals surface area contributed by atoms with Gasteiger partial charge in [0.05, 0.1) is 12.7 Å². The van der Waals surface area contributed by atoms with Crippen molar-refractivity contribution in [2.24, 2.45) is 0 Å². The number of rotatable bonds is 6. The van der Waals surface area contributed by atoms with E-state index in [4.69, 9.17) is 4.74 Å². The summed E-state index contributed by atoms with van der Waals surface area (Å²) in [6, 6.07) is 1.91. The molecule has 118 valence electrons. The molecule has 0 amide bonds. The molecular formula is C16H33N3O. The molecule has 0 aromatic heterocycles. The Morgan fingerprint density at radius 2 is 2.05 bits per heavy atom. The zero-order chi connectivity index (χ0) is 14.5. The van der Waals surface area contributed by atoms with Crippen molar-refractivity contribution in [3.8, 4) is 0 Å². The number of ether oxygens (including phenoxy) is 1. The van der Waals surface area contributed by atoms with Gasteiger partial charge < -0.3 is 10.1 Å². The number of nitrogens with zero attached hydrogens (tertiary/aromatic N) is 2. The SMILES string of the molecule is CC(C)N1CCOC(CN(CC2CCCN2)C(C)C)C1. The first-order valence-corrected chi connectivity index (χ1v) is 8.39. The van der Waals surface area contributed by atoms with Gasteiger partial charge in [-0.05, 0) is 47.1 Å². The van der Waals surface area contributed by atoms with Crippen LogP contribution in [0.3, 0.4) is 0 Å². The molecule has 2 unspecified atom stereocenters. The van der Waals surface area contributed by atoms with E-state index in [0.717, 1.165) is 26.2 Å². The molecule has 0 radical (unpaired) electrons. The molecule has 4 heteroatoms. The van der Waals surface area contributed by atoms with E-state index in [-0.39, 0.29) is 0 Å². The summed E-state index contributed by atoms with van der Waals surface area (Å²) in [5, 5.41) is 3.61. The molecule has 2 heterocycles. The molecule has 0 aromatic carbocycles. The molecular weight excluding hydrogens is 250 g/mol. The van der Waals surface area contributed by atoms with Crippen LogP contribution in [0.5, 0.6) is 0 Å². The topological polar surface area (TPSA) is 27.7 Å². The van der Waals surface area contributed by atoms with Gasteiger partial charge in [-0.1, -0.05) is 0 Å². The fourth-order valence-corrected chi connectivity index (χ4v) is 3.27. The first-order valence-electron chi connectivity index (χ1n) is 8.39. The lowest BCUT2D eigenvalue weighted by molar-refractivity contribution is -0.0561. The zero-order valence-electron chi connectivity index (χ0n) is 13.8. The van der Waals surface area contributed by atoms with Gasteiger partial charge in [0.1, 0.15) is 0 Å². The van der Waals surface area contributed by atoms with Gasteiger partial charge >= 0.3 is 0 Å². The summed E-state index contributed by atoms with van der Waals surface area (Å²) in [5.41, 5.74) is 0. The molecule has 2 fully saturated rings. The van der Waals surface area contributed by atoms with Crippen LogP contribution in [-0.4, -0.2) is 73.4 Å². The van der Waals surface area contributed by atoms with E-state index in [9.17, 15) is 0 Å². The van der Waals surface area contributed by atoms with Crippen molar-refractivity contribution < 1.29 is 4.74 Å². The van der Waals surface area contributed by atoms with Gasteiger partial charge in [0.2, 0.25) is 0 Å². The zero-order valence-corrected chi connectivity index (χ0v) is 13.8. The Balaban J connectivity index is 1.83. The van der Waals surface area contributed by atoms with Crippen LogP contribution in [0.1, 0.15) is 40.5 Å². The van der Waals surface area contributed by atoms with E-state index in [1.54, 1.807) is 0 Å². The molecule has 2 rings (SSSR count). The summed E-state index contributed by atoms with van der Waals surface area (Å²) in [5.74, 6) is 0. The third kappa shape index (κ3) is 4.69. The van der Waals surface area contributed by atoms with E-state index in [1.807, 2.05) is 0 Å². The molecule has 2 saturated heterocycles. The Bertz CT molecular complexity index is 277. The second kappa shape index (κ2) is 7.74. The molecule has 2 atom stereocenters. The van der Waals surface area contributed by atoms with Crippen LogP contribution in [0.15, 0.2) is 0 Å². The summed E-state index contributed by atoms with van der Waals surface area (Å²) in [6.45, 7) is 15.7. The van der Waals surface area contributed by atoms with Gasteiger partial charge in [0.25, 0.3) is 0 Å². The summed E-state index contributed by atoms with van der Waals surface area (Å²) in [4.78, 5) is 5.14. The predicted molar refractivity (Wildman–Crippen MR) is 84.2 cm³/mol. The lowest BCUT2D eigenvalue weighted by Gasteiger charge is -2.39. The highest BCUT2D eigenvalue weighted by atomic mass is 16.5. The molecule has 2 aliphatic heterocycles. The number of hydrogen-bond acceptors (Lipinski definition) is 4. The Labute approximate surface area is 124 Å². The first kappa shape index (κ1) is 16.2. The fourth-order valence-electron chi connectivity index (χ4n) is 3.27. The molecule has 2 aliphatic rings. The van der Waals surface area contributed by atoms with Crippen LogP contribution in [0.4, 0.5) is 0 Å². The molecule has 4 nitrogen and oxygen atoms in total. The minimum atomic E-state index is 0.370. The van der Waals surface area contributed by atoms with Crippen molar-refractivity contribution in [1.29, 1.82) is 0 Å². The van der Waals surface area contributed by atoms with Crippen molar-refractivity contribution in [3.05, 3.63) is 0 Å². The summed E-state index contributed by atoms with van der Waals surface area (Å²) < 4.78 is 6.00. The van der Waals surface area contributed by atoms with Crippen LogP contribution < -0.4 is 5.32 Å². The minimum Gasteiger partial charge on any atom is -0.374 e. The minimum absolute atomic E-state index is 0.370. The predicted octanol–water partition coefficient (Wildman–Crippen LogP) is 1.56. The molecule has 0 spiro atoms. The first-order chi connectivity index (χ1) is 9.56. The second-order valence-corrected chi connectivity index (χ2v) is 6.92. The quantitative estimate of drug-likeness (QED) is 0.800. The molecule has 0 bridgehead atoms. The lowest BCUT2D eigenvalue weighted by Crippen LogP contribution is -2.52. The van der Waals surface area contributed by atoms with Crippen LogP contribution in [0.2, 0.25) is 0 Å². The Hall–Kier alpha value is -0.160. The van der Waals surface area contributed by atoms with Crippen LogP contribution in [-0.2, 0) is 4.74 Å². The summed E-state index contributed by atoms with van der Waals surface area (Å²) >= 11 is 0.